The summed E-state index contributed by atoms with van der Waals surface area (Å²) in [6.45, 7) is 0.312. The van der Waals surface area contributed by atoms with Gasteiger partial charge in [0.1, 0.15) is 0 Å². The Balaban J connectivity index is 2.25. The zero-order valence-corrected chi connectivity index (χ0v) is 12.9. The summed E-state index contributed by atoms with van der Waals surface area (Å²) < 4.78 is 5.05. The molecule has 20 heavy (non-hydrogen) atoms. The number of phenolic OH excluding ortho intramolecular Hbond substituents is 1. The van der Waals surface area contributed by atoms with Crippen molar-refractivity contribution in [3.8, 4) is 11.5 Å². The molecule has 0 heterocycles. The standard InChI is InChI=1S/C14H12Cl3NO2/c1-20-12-6-9(15)5-8(14(12)19)7-18-13-10(16)3-2-4-11(13)17/h2-6,18-19H,7H2,1H3. The quantitative estimate of drug-likeness (QED) is 0.830. The Bertz CT molecular complexity index is 612. The van der Waals surface area contributed by atoms with Crippen molar-refractivity contribution in [2.45, 2.75) is 6.54 Å². The van der Waals surface area contributed by atoms with E-state index in [0.717, 1.165) is 0 Å². The fourth-order valence-electron chi connectivity index (χ4n) is 1.77. The number of halogens is 3. The van der Waals surface area contributed by atoms with Crippen LogP contribution < -0.4 is 10.1 Å². The Hall–Kier alpha value is -1.29. The number of aromatic hydroxyl groups is 1. The van der Waals surface area contributed by atoms with Crippen LogP contribution in [0.1, 0.15) is 5.56 Å². The highest BCUT2D eigenvalue weighted by Gasteiger charge is 2.11. The Labute approximate surface area is 132 Å². The Morgan fingerprint density at radius 2 is 1.80 bits per heavy atom. The van der Waals surface area contributed by atoms with Crippen LogP contribution in [0.25, 0.3) is 0 Å². The lowest BCUT2D eigenvalue weighted by Gasteiger charge is -2.13. The van der Waals surface area contributed by atoms with Gasteiger partial charge in [-0.25, -0.2) is 0 Å². The minimum Gasteiger partial charge on any atom is -0.504 e. The van der Waals surface area contributed by atoms with Gasteiger partial charge in [0.2, 0.25) is 0 Å². The molecule has 2 aromatic rings. The predicted molar refractivity (Wildman–Crippen MR) is 83.5 cm³/mol. The summed E-state index contributed by atoms with van der Waals surface area (Å²) in [5.41, 5.74) is 1.19. The number of para-hydroxylation sites is 1. The Kier molecular flexibility index (Phi) is 4.86. The van der Waals surface area contributed by atoms with Gasteiger partial charge in [0.05, 0.1) is 22.8 Å². The van der Waals surface area contributed by atoms with Gasteiger partial charge in [0.25, 0.3) is 0 Å². The lowest BCUT2D eigenvalue weighted by Crippen LogP contribution is -2.02. The van der Waals surface area contributed by atoms with E-state index in [4.69, 9.17) is 39.5 Å². The molecule has 3 nitrogen and oxygen atoms in total. The van der Waals surface area contributed by atoms with Crippen LogP contribution in [0.4, 0.5) is 5.69 Å². The van der Waals surface area contributed by atoms with Crippen molar-refractivity contribution >= 4 is 40.5 Å². The van der Waals surface area contributed by atoms with E-state index in [2.05, 4.69) is 5.32 Å². The summed E-state index contributed by atoms with van der Waals surface area (Å²) in [5, 5.41) is 14.6. The molecule has 0 aliphatic rings. The first kappa shape index (κ1) is 15.1. The number of hydrogen-bond acceptors (Lipinski definition) is 3. The van der Waals surface area contributed by atoms with Crippen molar-refractivity contribution in [1.29, 1.82) is 0 Å². The molecule has 0 saturated heterocycles. The van der Waals surface area contributed by atoms with Gasteiger partial charge in [-0.3, -0.25) is 0 Å². The average molecular weight is 333 g/mol. The van der Waals surface area contributed by atoms with Crippen molar-refractivity contribution < 1.29 is 9.84 Å². The molecule has 0 bridgehead atoms. The molecule has 6 heteroatoms. The highest BCUT2D eigenvalue weighted by atomic mass is 35.5. The van der Waals surface area contributed by atoms with Gasteiger partial charge in [-0.15, -0.1) is 0 Å². The Morgan fingerprint density at radius 3 is 2.40 bits per heavy atom. The molecule has 0 radical (unpaired) electrons. The van der Waals surface area contributed by atoms with Crippen LogP contribution in [0, 0.1) is 0 Å². The third kappa shape index (κ3) is 3.23. The highest BCUT2D eigenvalue weighted by molar-refractivity contribution is 6.39. The SMILES string of the molecule is COc1cc(Cl)cc(CNc2c(Cl)cccc2Cl)c1O. The first-order valence-electron chi connectivity index (χ1n) is 5.76. The number of rotatable bonds is 4. The molecular formula is C14H12Cl3NO2. The van der Waals surface area contributed by atoms with E-state index in [-0.39, 0.29) is 5.75 Å². The van der Waals surface area contributed by atoms with Gasteiger partial charge in [0.15, 0.2) is 11.5 Å². The van der Waals surface area contributed by atoms with Gasteiger partial charge in [-0.05, 0) is 18.2 Å². The van der Waals surface area contributed by atoms with Crippen LogP contribution in [0.2, 0.25) is 15.1 Å². The molecular weight excluding hydrogens is 321 g/mol. The second-order valence-corrected chi connectivity index (χ2v) is 5.32. The molecule has 0 saturated carbocycles. The molecule has 2 aromatic carbocycles. The number of phenols is 1. The van der Waals surface area contributed by atoms with E-state index >= 15 is 0 Å². The summed E-state index contributed by atoms with van der Waals surface area (Å²) in [6.07, 6.45) is 0. The third-order valence-corrected chi connectivity index (χ3v) is 3.61. The summed E-state index contributed by atoms with van der Waals surface area (Å²) in [5.74, 6) is 0.354. The van der Waals surface area contributed by atoms with Gasteiger partial charge in [-0.2, -0.15) is 0 Å². The number of nitrogens with one attached hydrogen (secondary N) is 1. The second kappa shape index (κ2) is 6.44. The maximum absolute atomic E-state index is 10.0. The predicted octanol–water partition coefficient (Wildman–Crippen LogP) is 4.97. The molecule has 106 valence electrons. The summed E-state index contributed by atoms with van der Waals surface area (Å²) in [4.78, 5) is 0. The minimum absolute atomic E-state index is 0.0348. The number of ether oxygens (including phenoxy) is 1. The molecule has 0 fully saturated rings. The molecule has 0 aliphatic carbocycles. The fourth-order valence-corrected chi connectivity index (χ4v) is 2.53. The van der Waals surface area contributed by atoms with Gasteiger partial charge in [0, 0.05) is 23.2 Å². The normalized spacial score (nSPS) is 10.4. The van der Waals surface area contributed by atoms with E-state index in [9.17, 15) is 5.11 Å². The number of anilines is 1. The summed E-state index contributed by atoms with van der Waals surface area (Å²) in [7, 11) is 1.47. The smallest absolute Gasteiger partial charge is 0.162 e. The zero-order chi connectivity index (χ0) is 14.7. The van der Waals surface area contributed by atoms with E-state index < -0.39 is 0 Å². The molecule has 0 amide bonds. The molecule has 0 spiro atoms. The fraction of sp³-hybridized carbons (Fsp3) is 0.143. The first-order chi connectivity index (χ1) is 9.52. The number of benzene rings is 2. The van der Waals surface area contributed by atoms with Crippen LogP contribution in [0.5, 0.6) is 11.5 Å². The Morgan fingerprint density at radius 1 is 1.15 bits per heavy atom. The molecule has 2 rings (SSSR count). The zero-order valence-electron chi connectivity index (χ0n) is 10.6. The van der Waals surface area contributed by atoms with Gasteiger partial charge < -0.3 is 15.2 Å². The van der Waals surface area contributed by atoms with E-state index in [1.807, 2.05) is 0 Å². The third-order valence-electron chi connectivity index (χ3n) is 2.76. The van der Waals surface area contributed by atoms with Crippen LogP contribution >= 0.6 is 34.8 Å². The maximum Gasteiger partial charge on any atom is 0.162 e. The van der Waals surface area contributed by atoms with Crippen LogP contribution in [-0.2, 0) is 6.54 Å². The number of methoxy groups -OCH3 is 1. The van der Waals surface area contributed by atoms with Crippen LogP contribution in [-0.4, -0.2) is 12.2 Å². The average Bonchev–Trinajstić information content (AvgIpc) is 2.41. The molecule has 0 aromatic heterocycles. The maximum atomic E-state index is 10.0. The van der Waals surface area contributed by atoms with Gasteiger partial charge >= 0.3 is 0 Å². The van der Waals surface area contributed by atoms with Crippen molar-refractivity contribution in [2.24, 2.45) is 0 Å². The van der Waals surface area contributed by atoms with Crippen LogP contribution in [0.15, 0.2) is 30.3 Å². The number of hydrogen-bond donors (Lipinski definition) is 2. The van der Waals surface area contributed by atoms with E-state index in [1.54, 1.807) is 30.3 Å². The van der Waals surface area contributed by atoms with Crippen molar-refractivity contribution in [3.63, 3.8) is 0 Å². The second-order valence-electron chi connectivity index (χ2n) is 4.07. The molecule has 0 unspecified atom stereocenters. The molecule has 2 N–H and O–H groups in total. The van der Waals surface area contributed by atoms with Crippen molar-refractivity contribution in [2.75, 3.05) is 12.4 Å². The first-order valence-corrected chi connectivity index (χ1v) is 6.89. The summed E-state index contributed by atoms with van der Waals surface area (Å²) >= 11 is 18.1. The van der Waals surface area contributed by atoms with Gasteiger partial charge in [-0.1, -0.05) is 40.9 Å². The molecule has 0 atom stereocenters. The van der Waals surface area contributed by atoms with Crippen molar-refractivity contribution in [1.82, 2.24) is 0 Å². The van der Waals surface area contributed by atoms with E-state index in [1.165, 1.54) is 7.11 Å². The largest absolute Gasteiger partial charge is 0.504 e. The minimum atomic E-state index is 0.0348. The highest BCUT2D eigenvalue weighted by Crippen LogP contribution is 2.35. The van der Waals surface area contributed by atoms with Crippen LogP contribution in [0.3, 0.4) is 0 Å². The monoisotopic (exact) mass is 331 g/mol. The van der Waals surface area contributed by atoms with Crippen molar-refractivity contribution in [3.05, 3.63) is 51.0 Å². The topological polar surface area (TPSA) is 41.5 Å². The molecule has 0 aliphatic heterocycles. The lowest BCUT2D eigenvalue weighted by atomic mass is 10.1. The summed E-state index contributed by atoms with van der Waals surface area (Å²) in [6, 6.07) is 8.41. The van der Waals surface area contributed by atoms with E-state index in [0.29, 0.717) is 38.6 Å². The lowest BCUT2D eigenvalue weighted by molar-refractivity contribution is 0.371.